The van der Waals surface area contributed by atoms with E-state index in [0.29, 0.717) is 5.92 Å². The number of aromatic nitrogens is 2. The molecule has 0 saturated carbocycles. The molecule has 0 unspecified atom stereocenters. The lowest BCUT2D eigenvalue weighted by Gasteiger charge is -2.09. The highest BCUT2D eigenvalue weighted by molar-refractivity contribution is 5.81. The molecule has 2 nitrogen and oxygen atoms in total. The van der Waals surface area contributed by atoms with Crippen molar-refractivity contribution >= 4 is 10.9 Å². The third-order valence-electron chi connectivity index (χ3n) is 2.50. The van der Waals surface area contributed by atoms with Gasteiger partial charge in [-0.2, -0.15) is 10.2 Å². The van der Waals surface area contributed by atoms with E-state index in [2.05, 4.69) is 37.0 Å². The van der Waals surface area contributed by atoms with Crippen LogP contribution in [0.3, 0.4) is 0 Å². The number of hydrogen-bond acceptors (Lipinski definition) is 2. The Kier molecular flexibility index (Phi) is 2.20. The van der Waals surface area contributed by atoms with Gasteiger partial charge in [0.2, 0.25) is 0 Å². The highest BCUT2D eigenvalue weighted by Crippen LogP contribution is 2.22. The van der Waals surface area contributed by atoms with Gasteiger partial charge in [-0.25, -0.2) is 0 Å². The summed E-state index contributed by atoms with van der Waals surface area (Å²) in [7, 11) is 0. The molecule has 1 aromatic heterocycles. The van der Waals surface area contributed by atoms with Gasteiger partial charge in [0.15, 0.2) is 0 Å². The quantitative estimate of drug-likeness (QED) is 0.684. The second kappa shape index (κ2) is 3.37. The zero-order valence-corrected chi connectivity index (χ0v) is 8.78. The zero-order chi connectivity index (χ0) is 10.1. The van der Waals surface area contributed by atoms with Crippen LogP contribution >= 0.6 is 0 Å². The van der Waals surface area contributed by atoms with E-state index in [1.807, 2.05) is 18.2 Å². The van der Waals surface area contributed by atoms with Gasteiger partial charge in [-0.3, -0.25) is 0 Å². The van der Waals surface area contributed by atoms with Gasteiger partial charge in [0.1, 0.15) is 0 Å². The predicted octanol–water partition coefficient (Wildman–Crippen LogP) is 3.06. The minimum Gasteiger partial charge on any atom is -0.154 e. The minimum absolute atomic E-state index is 0.437. The molecule has 0 atom stereocenters. The van der Waals surface area contributed by atoms with E-state index in [-0.39, 0.29) is 0 Å². The first kappa shape index (κ1) is 9.13. The summed E-state index contributed by atoms with van der Waals surface area (Å²) in [6.45, 7) is 6.41. The molecule has 0 spiro atoms. The normalized spacial score (nSPS) is 11.1. The Morgan fingerprint density at radius 1 is 1.07 bits per heavy atom. The minimum atomic E-state index is 0.437. The lowest BCUT2D eigenvalue weighted by atomic mass is 10.0. The van der Waals surface area contributed by atoms with Crippen LogP contribution in [0, 0.1) is 6.92 Å². The van der Waals surface area contributed by atoms with Crippen molar-refractivity contribution in [2.45, 2.75) is 26.7 Å². The second-order valence-corrected chi connectivity index (χ2v) is 3.88. The molecular weight excluding hydrogens is 172 g/mol. The van der Waals surface area contributed by atoms with Crippen molar-refractivity contribution in [3.63, 3.8) is 0 Å². The van der Waals surface area contributed by atoms with Crippen LogP contribution < -0.4 is 0 Å². The SMILES string of the molecule is Cc1c(C(C)C)nnc2ccccc12. The molecule has 0 bridgehead atoms. The molecule has 0 radical (unpaired) electrons. The highest BCUT2D eigenvalue weighted by atomic mass is 15.1. The van der Waals surface area contributed by atoms with Crippen molar-refractivity contribution in [3.05, 3.63) is 35.5 Å². The Morgan fingerprint density at radius 2 is 1.79 bits per heavy atom. The van der Waals surface area contributed by atoms with Crippen LogP contribution in [0.2, 0.25) is 0 Å². The van der Waals surface area contributed by atoms with E-state index in [4.69, 9.17) is 0 Å². The lowest BCUT2D eigenvalue weighted by Crippen LogP contribution is -1.99. The van der Waals surface area contributed by atoms with Crippen molar-refractivity contribution < 1.29 is 0 Å². The molecule has 1 heterocycles. The number of rotatable bonds is 1. The van der Waals surface area contributed by atoms with Crippen molar-refractivity contribution in [1.82, 2.24) is 10.2 Å². The first-order chi connectivity index (χ1) is 6.70. The van der Waals surface area contributed by atoms with Crippen LogP contribution in [0.25, 0.3) is 10.9 Å². The molecule has 2 aromatic rings. The van der Waals surface area contributed by atoms with E-state index in [1.54, 1.807) is 0 Å². The van der Waals surface area contributed by atoms with Gasteiger partial charge >= 0.3 is 0 Å². The summed E-state index contributed by atoms with van der Waals surface area (Å²) in [5, 5.41) is 9.68. The fourth-order valence-corrected chi connectivity index (χ4v) is 1.75. The van der Waals surface area contributed by atoms with Gasteiger partial charge in [-0.05, 0) is 24.5 Å². The van der Waals surface area contributed by atoms with Gasteiger partial charge in [0, 0.05) is 5.39 Å². The molecule has 0 amide bonds. The van der Waals surface area contributed by atoms with Gasteiger partial charge in [-0.15, -0.1) is 0 Å². The molecular formula is C12H14N2. The number of fused-ring (bicyclic) bond motifs is 1. The summed E-state index contributed by atoms with van der Waals surface area (Å²) in [5.74, 6) is 0.437. The average Bonchev–Trinajstić information content (AvgIpc) is 2.18. The fourth-order valence-electron chi connectivity index (χ4n) is 1.75. The molecule has 2 heteroatoms. The van der Waals surface area contributed by atoms with Gasteiger partial charge in [0.25, 0.3) is 0 Å². The van der Waals surface area contributed by atoms with E-state index in [0.717, 1.165) is 11.2 Å². The third-order valence-corrected chi connectivity index (χ3v) is 2.50. The fraction of sp³-hybridized carbons (Fsp3) is 0.333. The predicted molar refractivity (Wildman–Crippen MR) is 58.4 cm³/mol. The maximum Gasteiger partial charge on any atom is 0.0932 e. The molecule has 14 heavy (non-hydrogen) atoms. The summed E-state index contributed by atoms with van der Waals surface area (Å²) in [5.41, 5.74) is 3.34. The summed E-state index contributed by atoms with van der Waals surface area (Å²) in [4.78, 5) is 0. The Balaban J connectivity index is 2.75. The molecule has 2 rings (SSSR count). The first-order valence-corrected chi connectivity index (χ1v) is 4.92. The van der Waals surface area contributed by atoms with E-state index >= 15 is 0 Å². The Hall–Kier alpha value is -1.44. The number of nitrogens with zero attached hydrogens (tertiary/aromatic N) is 2. The first-order valence-electron chi connectivity index (χ1n) is 4.92. The van der Waals surface area contributed by atoms with Gasteiger partial charge in [0.05, 0.1) is 11.2 Å². The van der Waals surface area contributed by atoms with Gasteiger partial charge < -0.3 is 0 Å². The molecule has 0 aliphatic rings. The number of benzene rings is 1. The maximum absolute atomic E-state index is 4.26. The third kappa shape index (κ3) is 1.37. The molecule has 0 aliphatic heterocycles. The van der Waals surface area contributed by atoms with Crippen LogP contribution in [0.15, 0.2) is 24.3 Å². The topological polar surface area (TPSA) is 25.8 Å². The second-order valence-electron chi connectivity index (χ2n) is 3.88. The van der Waals surface area contributed by atoms with Crippen LogP contribution in [-0.2, 0) is 0 Å². The summed E-state index contributed by atoms with van der Waals surface area (Å²) in [6, 6.07) is 8.14. The van der Waals surface area contributed by atoms with Crippen LogP contribution in [-0.4, -0.2) is 10.2 Å². The van der Waals surface area contributed by atoms with Gasteiger partial charge in [-0.1, -0.05) is 32.0 Å². The van der Waals surface area contributed by atoms with E-state index < -0.39 is 0 Å². The maximum atomic E-state index is 4.26. The Morgan fingerprint density at radius 3 is 2.50 bits per heavy atom. The lowest BCUT2D eigenvalue weighted by molar-refractivity contribution is 0.784. The van der Waals surface area contributed by atoms with E-state index in [9.17, 15) is 0 Å². The summed E-state index contributed by atoms with van der Waals surface area (Å²) < 4.78 is 0. The van der Waals surface area contributed by atoms with Crippen molar-refractivity contribution in [1.29, 1.82) is 0 Å². The molecule has 0 N–H and O–H groups in total. The van der Waals surface area contributed by atoms with Crippen molar-refractivity contribution in [2.75, 3.05) is 0 Å². The van der Waals surface area contributed by atoms with E-state index in [1.165, 1.54) is 10.9 Å². The zero-order valence-electron chi connectivity index (χ0n) is 8.78. The smallest absolute Gasteiger partial charge is 0.0932 e. The molecule has 1 aromatic carbocycles. The molecule has 0 saturated heterocycles. The molecule has 0 fully saturated rings. The summed E-state index contributed by atoms with van der Waals surface area (Å²) in [6.07, 6.45) is 0. The Labute approximate surface area is 84.0 Å². The highest BCUT2D eigenvalue weighted by Gasteiger charge is 2.08. The molecule has 72 valence electrons. The summed E-state index contributed by atoms with van der Waals surface area (Å²) >= 11 is 0. The van der Waals surface area contributed by atoms with Crippen LogP contribution in [0.1, 0.15) is 31.0 Å². The average molecular weight is 186 g/mol. The Bertz CT molecular complexity index is 461. The largest absolute Gasteiger partial charge is 0.154 e. The van der Waals surface area contributed by atoms with Crippen molar-refractivity contribution in [2.24, 2.45) is 0 Å². The standard InChI is InChI=1S/C12H14N2/c1-8(2)12-9(3)10-6-4-5-7-11(10)13-14-12/h4-8H,1-3H3. The number of aryl methyl sites for hydroxylation is 1. The van der Waals surface area contributed by atoms with Crippen LogP contribution in [0.5, 0.6) is 0 Å². The van der Waals surface area contributed by atoms with Crippen molar-refractivity contribution in [3.8, 4) is 0 Å². The molecule has 0 aliphatic carbocycles. The number of hydrogen-bond donors (Lipinski definition) is 0. The monoisotopic (exact) mass is 186 g/mol. The van der Waals surface area contributed by atoms with Crippen LogP contribution in [0.4, 0.5) is 0 Å².